The molecule has 1 aliphatic rings. The number of nitrogens with zero attached hydrogens (tertiary/aromatic N) is 1. The van der Waals surface area contributed by atoms with Crippen LogP contribution in [-0.2, 0) is 13.0 Å². The molecule has 0 atom stereocenters. The molecule has 0 saturated carbocycles. The number of fused-ring (bicyclic) bond motifs is 1. The second-order valence-electron chi connectivity index (χ2n) is 9.67. The lowest BCUT2D eigenvalue weighted by molar-refractivity contribution is 0.102. The first-order chi connectivity index (χ1) is 18.0. The summed E-state index contributed by atoms with van der Waals surface area (Å²) in [4.78, 5) is 18.7. The van der Waals surface area contributed by atoms with E-state index in [9.17, 15) is 4.79 Å². The van der Waals surface area contributed by atoms with Gasteiger partial charge in [0, 0.05) is 46.5 Å². The first-order valence-electron chi connectivity index (χ1n) is 12.8. The van der Waals surface area contributed by atoms with E-state index >= 15 is 0 Å². The van der Waals surface area contributed by atoms with E-state index in [2.05, 4.69) is 33.5 Å². The van der Waals surface area contributed by atoms with E-state index in [-0.39, 0.29) is 5.91 Å². The number of likely N-dealkylation sites (tertiary alicyclic amines) is 1. The number of benzene rings is 3. The van der Waals surface area contributed by atoms with Crippen LogP contribution in [0.3, 0.4) is 0 Å². The molecular formula is C30H33ClN4O2. The molecule has 1 fully saturated rings. The normalized spacial score (nSPS) is 14.7. The van der Waals surface area contributed by atoms with E-state index < -0.39 is 0 Å². The summed E-state index contributed by atoms with van der Waals surface area (Å²) >= 11 is 6.15. The van der Waals surface area contributed by atoms with E-state index in [1.54, 1.807) is 19.2 Å². The Morgan fingerprint density at radius 3 is 2.73 bits per heavy atom. The molecule has 0 aliphatic carbocycles. The number of nitrogens with one attached hydrogen (secondary N) is 2. The largest absolute Gasteiger partial charge is 0.497 e. The van der Waals surface area contributed by atoms with Crippen LogP contribution < -0.4 is 15.8 Å². The van der Waals surface area contributed by atoms with Crippen LogP contribution in [0.5, 0.6) is 5.75 Å². The van der Waals surface area contributed by atoms with Crippen LogP contribution in [-0.4, -0.2) is 42.5 Å². The molecule has 0 spiro atoms. The number of rotatable bonds is 8. The Hall–Kier alpha value is -3.32. The van der Waals surface area contributed by atoms with Gasteiger partial charge in [0.05, 0.1) is 7.11 Å². The predicted octanol–water partition coefficient (Wildman–Crippen LogP) is 5.96. The van der Waals surface area contributed by atoms with Crippen LogP contribution in [0.25, 0.3) is 10.9 Å². The number of nitrogens with two attached hydrogens (primary N) is 1. The Kier molecular flexibility index (Phi) is 7.79. The van der Waals surface area contributed by atoms with Crippen LogP contribution in [0.1, 0.15) is 45.8 Å². The summed E-state index contributed by atoms with van der Waals surface area (Å²) in [6, 6.07) is 19.3. The summed E-state index contributed by atoms with van der Waals surface area (Å²) in [6.07, 6.45) is 5.32. The van der Waals surface area contributed by atoms with Gasteiger partial charge >= 0.3 is 0 Å². The van der Waals surface area contributed by atoms with Crippen molar-refractivity contribution >= 4 is 34.1 Å². The maximum Gasteiger partial charge on any atom is 0.255 e. The summed E-state index contributed by atoms with van der Waals surface area (Å²) in [6.45, 7) is 3.58. The van der Waals surface area contributed by atoms with Gasteiger partial charge in [-0.25, -0.2) is 0 Å². The molecule has 1 aliphatic heterocycles. The molecule has 192 valence electrons. The molecule has 1 aromatic heterocycles. The van der Waals surface area contributed by atoms with Gasteiger partial charge in [0.15, 0.2) is 0 Å². The third-order valence-electron chi connectivity index (χ3n) is 7.42. The Morgan fingerprint density at radius 2 is 1.95 bits per heavy atom. The van der Waals surface area contributed by atoms with Gasteiger partial charge in [0.25, 0.3) is 5.91 Å². The third kappa shape index (κ3) is 5.82. The molecule has 7 heteroatoms. The van der Waals surface area contributed by atoms with Crippen LogP contribution in [0.15, 0.2) is 66.9 Å². The minimum Gasteiger partial charge on any atom is -0.497 e. The van der Waals surface area contributed by atoms with Crippen molar-refractivity contribution in [3.05, 3.63) is 94.1 Å². The fraction of sp³-hybridized carbons (Fsp3) is 0.300. The molecule has 0 radical (unpaired) electrons. The molecule has 1 amide bonds. The van der Waals surface area contributed by atoms with Gasteiger partial charge in [-0.3, -0.25) is 4.79 Å². The molecule has 0 bridgehead atoms. The summed E-state index contributed by atoms with van der Waals surface area (Å²) in [5.74, 6) is 1.05. The highest BCUT2D eigenvalue weighted by atomic mass is 35.5. The van der Waals surface area contributed by atoms with Crippen molar-refractivity contribution < 1.29 is 9.53 Å². The molecule has 6 nitrogen and oxygen atoms in total. The van der Waals surface area contributed by atoms with E-state index in [0.29, 0.717) is 23.8 Å². The zero-order chi connectivity index (χ0) is 25.8. The van der Waals surface area contributed by atoms with Crippen molar-refractivity contribution in [2.75, 3.05) is 32.1 Å². The Balaban J connectivity index is 1.19. The Bertz CT molecular complexity index is 1390. The first kappa shape index (κ1) is 25.3. The number of methoxy groups -OCH3 is 1. The second-order valence-corrected chi connectivity index (χ2v) is 10.1. The number of carbonyl (C=O) groups is 1. The number of ether oxygens (including phenoxy) is 1. The zero-order valence-corrected chi connectivity index (χ0v) is 21.9. The molecule has 4 aromatic rings. The van der Waals surface area contributed by atoms with E-state index in [4.69, 9.17) is 22.1 Å². The lowest BCUT2D eigenvalue weighted by atomic mass is 9.89. The number of aromatic nitrogens is 1. The molecule has 4 N–H and O–H groups in total. The number of amides is 1. The first-order valence-corrected chi connectivity index (χ1v) is 13.2. The number of H-pyrrole nitrogens is 1. The maximum absolute atomic E-state index is 12.8. The molecular weight excluding hydrogens is 484 g/mol. The van der Waals surface area contributed by atoms with E-state index in [1.165, 1.54) is 16.5 Å². The average molecular weight is 517 g/mol. The molecule has 5 rings (SSSR count). The van der Waals surface area contributed by atoms with Gasteiger partial charge in [-0.15, -0.1) is 0 Å². The van der Waals surface area contributed by atoms with Gasteiger partial charge in [0.1, 0.15) is 5.75 Å². The Morgan fingerprint density at radius 1 is 1.11 bits per heavy atom. The maximum atomic E-state index is 12.8. The van der Waals surface area contributed by atoms with E-state index in [0.717, 1.165) is 60.7 Å². The summed E-state index contributed by atoms with van der Waals surface area (Å²) in [5, 5.41) is 5.06. The number of carbonyl (C=O) groups excluding carboxylic acids is 1. The standard InChI is InChI=1S/C30H33ClN4O2/c1-37-26-4-2-3-22(16-26)30(36)34-25-7-5-23(18-32)21(15-25)11-14-35-12-9-20(10-13-35)28-19-33-29-17-24(31)6-8-27(28)29/h2-8,15-17,19-20,33H,9-14,18,32H2,1H3,(H,34,36). The van der Waals surface area contributed by atoms with Gasteiger partial charge in [-0.2, -0.15) is 0 Å². The molecule has 3 aromatic carbocycles. The number of piperidine rings is 1. The minimum atomic E-state index is -0.160. The van der Waals surface area contributed by atoms with E-state index in [1.807, 2.05) is 36.4 Å². The zero-order valence-electron chi connectivity index (χ0n) is 21.1. The van der Waals surface area contributed by atoms with Crippen molar-refractivity contribution in [1.29, 1.82) is 0 Å². The van der Waals surface area contributed by atoms with Crippen LogP contribution in [0.4, 0.5) is 5.69 Å². The number of hydrogen-bond acceptors (Lipinski definition) is 4. The smallest absolute Gasteiger partial charge is 0.255 e. The summed E-state index contributed by atoms with van der Waals surface area (Å²) in [5.41, 5.74) is 12.2. The van der Waals surface area contributed by atoms with Gasteiger partial charge in [-0.1, -0.05) is 29.8 Å². The summed E-state index contributed by atoms with van der Waals surface area (Å²) in [7, 11) is 1.59. The molecule has 0 unspecified atom stereocenters. The van der Waals surface area contributed by atoms with Crippen LogP contribution in [0, 0.1) is 0 Å². The number of hydrogen-bond donors (Lipinski definition) is 3. The van der Waals surface area contributed by atoms with Gasteiger partial charge < -0.3 is 25.7 Å². The highest BCUT2D eigenvalue weighted by molar-refractivity contribution is 6.31. The number of anilines is 1. The van der Waals surface area contributed by atoms with Gasteiger partial charge in [0.2, 0.25) is 0 Å². The second kappa shape index (κ2) is 11.4. The highest BCUT2D eigenvalue weighted by Crippen LogP contribution is 2.34. The fourth-order valence-corrected chi connectivity index (χ4v) is 5.48. The summed E-state index contributed by atoms with van der Waals surface area (Å²) < 4.78 is 5.24. The topological polar surface area (TPSA) is 83.4 Å². The third-order valence-corrected chi connectivity index (χ3v) is 7.65. The van der Waals surface area contributed by atoms with Crippen molar-refractivity contribution in [1.82, 2.24) is 9.88 Å². The minimum absolute atomic E-state index is 0.160. The van der Waals surface area contributed by atoms with Crippen LogP contribution in [0.2, 0.25) is 5.02 Å². The van der Waals surface area contributed by atoms with Gasteiger partial charge in [-0.05, 0) is 97.4 Å². The van der Waals surface area contributed by atoms with Crippen molar-refractivity contribution in [3.8, 4) is 5.75 Å². The predicted molar refractivity (Wildman–Crippen MR) is 151 cm³/mol. The lowest BCUT2D eigenvalue weighted by Crippen LogP contribution is -2.34. The van der Waals surface area contributed by atoms with Crippen LogP contribution >= 0.6 is 11.6 Å². The van der Waals surface area contributed by atoms with Crippen molar-refractivity contribution in [3.63, 3.8) is 0 Å². The number of halogens is 1. The highest BCUT2D eigenvalue weighted by Gasteiger charge is 2.23. The fourth-order valence-electron chi connectivity index (χ4n) is 5.31. The molecule has 1 saturated heterocycles. The number of aromatic amines is 1. The lowest BCUT2D eigenvalue weighted by Gasteiger charge is -2.32. The van der Waals surface area contributed by atoms with Crippen molar-refractivity contribution in [2.24, 2.45) is 5.73 Å². The molecule has 37 heavy (non-hydrogen) atoms. The SMILES string of the molecule is COc1cccc(C(=O)Nc2ccc(CN)c(CCN3CCC(c4c[nH]c5cc(Cl)ccc45)CC3)c2)c1. The quantitative estimate of drug-likeness (QED) is 0.270. The monoisotopic (exact) mass is 516 g/mol. The average Bonchev–Trinajstić information content (AvgIpc) is 3.35. The van der Waals surface area contributed by atoms with Crippen molar-refractivity contribution in [2.45, 2.75) is 31.7 Å². The Labute approximate surface area is 222 Å². The molecule has 2 heterocycles.